The Kier molecular flexibility index (Phi) is 6.58. The second-order valence-corrected chi connectivity index (χ2v) is 8.72. The number of methoxy groups -OCH3 is 1. The molecular weight excluding hydrogens is 383 g/mol. The van der Waals surface area contributed by atoms with Gasteiger partial charge in [0.25, 0.3) is 0 Å². The fourth-order valence-electron chi connectivity index (χ4n) is 4.81. The fraction of sp³-hybridized carbons (Fsp3) is 0.682. The lowest BCUT2D eigenvalue weighted by Crippen LogP contribution is -2.60. The van der Waals surface area contributed by atoms with E-state index in [0.717, 1.165) is 31.4 Å². The number of carbonyl (C=O) groups is 1. The fourth-order valence-corrected chi connectivity index (χ4v) is 4.81. The summed E-state index contributed by atoms with van der Waals surface area (Å²) in [5.74, 6) is 0.645. The number of rotatable bonds is 5. The summed E-state index contributed by atoms with van der Waals surface area (Å²) in [6.07, 6.45) is -0.973. The highest BCUT2D eigenvalue weighted by Crippen LogP contribution is 2.48. The van der Waals surface area contributed by atoms with Gasteiger partial charge in [0, 0.05) is 31.4 Å². The SMILES string of the molecule is COCCC(=O)N[C@@]1(C)C[C@H](c2ccc(C(F)(F)F)cc2)O[C@@H]2C[C@H](C)CC[C@H]21. The van der Waals surface area contributed by atoms with Gasteiger partial charge in [-0.2, -0.15) is 13.2 Å². The van der Waals surface area contributed by atoms with Crippen LogP contribution in [0.5, 0.6) is 0 Å². The number of halogens is 3. The molecule has 0 aromatic heterocycles. The maximum atomic E-state index is 12.9. The molecule has 0 unspecified atom stereocenters. The molecule has 0 bridgehead atoms. The number of benzene rings is 1. The van der Waals surface area contributed by atoms with Crippen molar-refractivity contribution in [2.45, 2.75) is 69.9 Å². The van der Waals surface area contributed by atoms with Crippen molar-refractivity contribution >= 4 is 5.91 Å². The zero-order valence-electron chi connectivity index (χ0n) is 17.2. The number of nitrogens with one attached hydrogen (secondary N) is 1. The monoisotopic (exact) mass is 413 g/mol. The van der Waals surface area contributed by atoms with Crippen LogP contribution in [0.1, 0.15) is 63.2 Å². The van der Waals surface area contributed by atoms with Crippen LogP contribution in [0.15, 0.2) is 24.3 Å². The molecule has 1 N–H and O–H groups in total. The maximum absolute atomic E-state index is 12.9. The predicted molar refractivity (Wildman–Crippen MR) is 103 cm³/mol. The molecule has 2 aliphatic rings. The largest absolute Gasteiger partial charge is 0.416 e. The molecule has 1 heterocycles. The van der Waals surface area contributed by atoms with Gasteiger partial charge in [0.15, 0.2) is 0 Å². The van der Waals surface area contributed by atoms with E-state index < -0.39 is 17.3 Å². The topological polar surface area (TPSA) is 47.6 Å². The molecule has 1 aromatic carbocycles. The van der Waals surface area contributed by atoms with Crippen molar-refractivity contribution in [3.63, 3.8) is 0 Å². The van der Waals surface area contributed by atoms with Crippen LogP contribution < -0.4 is 5.32 Å². The van der Waals surface area contributed by atoms with Crippen LogP contribution in [0.25, 0.3) is 0 Å². The Balaban J connectivity index is 1.83. The summed E-state index contributed by atoms with van der Waals surface area (Å²) in [7, 11) is 1.56. The summed E-state index contributed by atoms with van der Waals surface area (Å²) in [5, 5.41) is 3.20. The minimum Gasteiger partial charge on any atom is -0.384 e. The van der Waals surface area contributed by atoms with E-state index in [-0.39, 0.29) is 30.5 Å². The van der Waals surface area contributed by atoms with Crippen LogP contribution in [-0.2, 0) is 20.4 Å². The molecule has 7 heteroatoms. The smallest absolute Gasteiger partial charge is 0.384 e. The second kappa shape index (κ2) is 8.64. The Morgan fingerprint density at radius 3 is 2.59 bits per heavy atom. The van der Waals surface area contributed by atoms with Gasteiger partial charge >= 0.3 is 6.18 Å². The van der Waals surface area contributed by atoms with Crippen molar-refractivity contribution in [1.29, 1.82) is 0 Å². The van der Waals surface area contributed by atoms with E-state index in [4.69, 9.17) is 9.47 Å². The second-order valence-electron chi connectivity index (χ2n) is 8.72. The Hall–Kier alpha value is -1.60. The summed E-state index contributed by atoms with van der Waals surface area (Å²) in [4.78, 5) is 12.5. The molecule has 4 nitrogen and oxygen atoms in total. The molecule has 1 saturated carbocycles. The lowest BCUT2D eigenvalue weighted by Gasteiger charge is -2.52. The maximum Gasteiger partial charge on any atom is 0.416 e. The van der Waals surface area contributed by atoms with E-state index in [9.17, 15) is 18.0 Å². The predicted octanol–water partition coefficient (Wildman–Crippen LogP) is 4.88. The standard InChI is InChI=1S/C22H30F3NO3/c1-14-4-9-17-18(12-14)29-19(13-21(17,2)26-20(27)10-11-28-3)15-5-7-16(8-6-15)22(23,24)25/h5-8,14,17-19H,4,9-13H2,1-3H3,(H,26,27)/t14-,17-,18-,19-,21+/m1/s1. The summed E-state index contributed by atoms with van der Waals surface area (Å²) < 4.78 is 50.1. The quantitative estimate of drug-likeness (QED) is 0.748. The summed E-state index contributed by atoms with van der Waals surface area (Å²) in [6, 6.07) is 5.19. The third kappa shape index (κ3) is 5.12. The van der Waals surface area contributed by atoms with Gasteiger partial charge in [-0.15, -0.1) is 0 Å². The molecule has 1 saturated heterocycles. The number of hydrogen-bond acceptors (Lipinski definition) is 3. The number of amides is 1. The summed E-state index contributed by atoms with van der Waals surface area (Å²) in [6.45, 7) is 4.59. The Labute approximate surface area is 170 Å². The van der Waals surface area contributed by atoms with Gasteiger partial charge in [-0.25, -0.2) is 0 Å². The molecule has 29 heavy (non-hydrogen) atoms. The molecule has 1 aliphatic heterocycles. The number of hydrogen-bond donors (Lipinski definition) is 1. The van der Waals surface area contributed by atoms with E-state index in [0.29, 0.717) is 24.5 Å². The van der Waals surface area contributed by atoms with Crippen molar-refractivity contribution in [1.82, 2.24) is 5.32 Å². The van der Waals surface area contributed by atoms with E-state index in [1.807, 2.05) is 6.92 Å². The molecular formula is C22H30F3NO3. The molecule has 0 radical (unpaired) electrons. The minimum atomic E-state index is -4.36. The molecule has 1 aliphatic carbocycles. The average Bonchev–Trinajstić information content (AvgIpc) is 2.65. The third-order valence-electron chi connectivity index (χ3n) is 6.39. The van der Waals surface area contributed by atoms with Crippen LogP contribution >= 0.6 is 0 Å². The molecule has 1 amide bonds. The van der Waals surface area contributed by atoms with Crippen molar-refractivity contribution in [2.24, 2.45) is 11.8 Å². The highest BCUT2D eigenvalue weighted by atomic mass is 19.4. The van der Waals surface area contributed by atoms with E-state index in [1.165, 1.54) is 12.1 Å². The van der Waals surface area contributed by atoms with Crippen molar-refractivity contribution in [2.75, 3.05) is 13.7 Å². The summed E-state index contributed by atoms with van der Waals surface area (Å²) in [5.41, 5.74) is -0.426. The van der Waals surface area contributed by atoms with Crippen molar-refractivity contribution < 1.29 is 27.4 Å². The van der Waals surface area contributed by atoms with Gasteiger partial charge in [0.2, 0.25) is 5.91 Å². The van der Waals surface area contributed by atoms with Gasteiger partial charge in [-0.1, -0.05) is 25.5 Å². The average molecular weight is 413 g/mol. The van der Waals surface area contributed by atoms with Crippen LogP contribution in [0.3, 0.4) is 0 Å². The van der Waals surface area contributed by atoms with Gasteiger partial charge in [-0.05, 0) is 43.4 Å². The van der Waals surface area contributed by atoms with Crippen LogP contribution in [0.4, 0.5) is 13.2 Å². The first-order valence-corrected chi connectivity index (χ1v) is 10.2. The molecule has 5 atom stereocenters. The first-order chi connectivity index (χ1) is 13.6. The first-order valence-electron chi connectivity index (χ1n) is 10.2. The molecule has 3 rings (SSSR count). The van der Waals surface area contributed by atoms with Crippen molar-refractivity contribution in [3.05, 3.63) is 35.4 Å². The van der Waals surface area contributed by atoms with E-state index in [2.05, 4.69) is 12.2 Å². The van der Waals surface area contributed by atoms with E-state index in [1.54, 1.807) is 7.11 Å². The highest BCUT2D eigenvalue weighted by molar-refractivity contribution is 5.77. The van der Waals surface area contributed by atoms with Crippen LogP contribution in [-0.4, -0.2) is 31.3 Å². The molecule has 2 fully saturated rings. The third-order valence-corrected chi connectivity index (χ3v) is 6.39. The van der Waals surface area contributed by atoms with Crippen molar-refractivity contribution in [3.8, 4) is 0 Å². The Bertz CT molecular complexity index is 706. The molecule has 0 spiro atoms. The number of ether oxygens (including phenoxy) is 2. The van der Waals surface area contributed by atoms with E-state index >= 15 is 0 Å². The van der Waals surface area contributed by atoms with Crippen LogP contribution in [0.2, 0.25) is 0 Å². The lowest BCUT2D eigenvalue weighted by atomic mass is 9.66. The van der Waals surface area contributed by atoms with Gasteiger partial charge in [0.05, 0.1) is 24.4 Å². The summed E-state index contributed by atoms with van der Waals surface area (Å²) >= 11 is 0. The zero-order valence-corrected chi connectivity index (χ0v) is 17.2. The van der Waals surface area contributed by atoms with Gasteiger partial charge in [-0.3, -0.25) is 4.79 Å². The first kappa shape index (κ1) is 22.1. The van der Waals surface area contributed by atoms with Crippen LogP contribution in [0, 0.1) is 11.8 Å². The Morgan fingerprint density at radius 2 is 1.97 bits per heavy atom. The minimum absolute atomic E-state index is 0.0208. The normalized spacial score (nSPS) is 32.5. The number of alkyl halides is 3. The van der Waals surface area contributed by atoms with Gasteiger partial charge < -0.3 is 14.8 Å². The molecule has 1 aromatic rings. The number of fused-ring (bicyclic) bond motifs is 1. The van der Waals surface area contributed by atoms with Gasteiger partial charge in [0.1, 0.15) is 0 Å². The number of carbonyl (C=O) groups excluding carboxylic acids is 1. The zero-order chi connectivity index (χ0) is 21.2. The molecule has 162 valence electrons. The lowest BCUT2D eigenvalue weighted by molar-refractivity contribution is -0.154. The Morgan fingerprint density at radius 1 is 1.28 bits per heavy atom. The highest BCUT2D eigenvalue weighted by Gasteiger charge is 2.49.